The molecule has 0 aromatic heterocycles. The Hall–Kier alpha value is -2.35. The molecule has 1 aromatic carbocycles. The van der Waals surface area contributed by atoms with Gasteiger partial charge in [-0.3, -0.25) is 9.59 Å². The van der Waals surface area contributed by atoms with Crippen molar-refractivity contribution in [3.63, 3.8) is 0 Å². The Morgan fingerprint density at radius 3 is 2.37 bits per heavy atom. The molecule has 5 heteroatoms. The average molecular weight is 259 g/mol. The Bertz CT molecular complexity index is 502. The van der Waals surface area contributed by atoms with Crippen LogP contribution in [-0.4, -0.2) is 17.9 Å². The highest BCUT2D eigenvalue weighted by molar-refractivity contribution is 5.97. The average Bonchev–Trinajstić information content (AvgIpc) is 2.43. The van der Waals surface area contributed by atoms with Crippen molar-refractivity contribution in [2.24, 2.45) is 11.7 Å². The zero-order chi connectivity index (χ0) is 14.4. The lowest BCUT2D eigenvalue weighted by molar-refractivity contribution is -0.120. The van der Waals surface area contributed by atoms with Crippen LogP contribution in [0.25, 0.3) is 0 Å². The van der Waals surface area contributed by atoms with Crippen molar-refractivity contribution < 1.29 is 9.59 Å². The van der Waals surface area contributed by atoms with Crippen molar-refractivity contribution in [1.29, 1.82) is 5.26 Å². The van der Waals surface area contributed by atoms with Gasteiger partial charge in [0.15, 0.2) is 0 Å². The van der Waals surface area contributed by atoms with Crippen LogP contribution < -0.4 is 11.1 Å². The van der Waals surface area contributed by atoms with E-state index in [-0.39, 0.29) is 11.8 Å². The quantitative estimate of drug-likeness (QED) is 0.831. The second kappa shape index (κ2) is 6.55. The van der Waals surface area contributed by atoms with E-state index < -0.39 is 11.9 Å². The smallest absolute Gasteiger partial charge is 0.251 e. The first-order valence-electron chi connectivity index (χ1n) is 6.10. The number of nitrogens with zero attached hydrogens (tertiary/aromatic N) is 1. The molecule has 0 aliphatic heterocycles. The molecule has 2 amide bonds. The summed E-state index contributed by atoms with van der Waals surface area (Å²) in [6, 6.07) is 7.48. The molecule has 0 radical (unpaired) electrons. The molecule has 0 fully saturated rings. The van der Waals surface area contributed by atoms with Gasteiger partial charge < -0.3 is 11.1 Å². The largest absolute Gasteiger partial charge is 0.368 e. The van der Waals surface area contributed by atoms with Crippen LogP contribution in [0.4, 0.5) is 0 Å². The van der Waals surface area contributed by atoms with Gasteiger partial charge in [-0.1, -0.05) is 20.3 Å². The van der Waals surface area contributed by atoms with Crippen LogP contribution in [0.2, 0.25) is 0 Å². The predicted molar refractivity (Wildman–Crippen MR) is 71.1 cm³/mol. The first-order valence-corrected chi connectivity index (χ1v) is 6.10. The van der Waals surface area contributed by atoms with Crippen LogP contribution in [-0.2, 0) is 4.79 Å². The second-order valence-corrected chi connectivity index (χ2v) is 4.43. The van der Waals surface area contributed by atoms with Crippen molar-refractivity contribution in [3.8, 4) is 6.07 Å². The van der Waals surface area contributed by atoms with Gasteiger partial charge in [0, 0.05) is 5.56 Å². The molecule has 0 unspecified atom stereocenters. The van der Waals surface area contributed by atoms with Crippen LogP contribution in [0.15, 0.2) is 24.3 Å². The third-order valence-electron chi connectivity index (χ3n) is 3.08. The molecule has 5 nitrogen and oxygen atoms in total. The second-order valence-electron chi connectivity index (χ2n) is 4.43. The van der Waals surface area contributed by atoms with E-state index in [9.17, 15) is 9.59 Å². The molecule has 19 heavy (non-hydrogen) atoms. The van der Waals surface area contributed by atoms with Gasteiger partial charge in [0.1, 0.15) is 6.04 Å². The molecular formula is C14H17N3O2. The Morgan fingerprint density at radius 2 is 1.95 bits per heavy atom. The Morgan fingerprint density at radius 1 is 1.37 bits per heavy atom. The fourth-order valence-electron chi connectivity index (χ4n) is 1.65. The number of rotatable bonds is 5. The van der Waals surface area contributed by atoms with E-state index in [1.54, 1.807) is 24.3 Å². The van der Waals surface area contributed by atoms with Gasteiger partial charge >= 0.3 is 0 Å². The summed E-state index contributed by atoms with van der Waals surface area (Å²) in [4.78, 5) is 23.3. The van der Waals surface area contributed by atoms with E-state index in [1.165, 1.54) is 0 Å². The number of carbonyl (C=O) groups excluding carboxylic acids is 2. The van der Waals surface area contributed by atoms with E-state index in [2.05, 4.69) is 5.32 Å². The Kier molecular flexibility index (Phi) is 5.07. The molecule has 100 valence electrons. The van der Waals surface area contributed by atoms with Crippen LogP contribution in [0.5, 0.6) is 0 Å². The number of nitrogens with one attached hydrogen (secondary N) is 1. The molecule has 3 N–H and O–H groups in total. The van der Waals surface area contributed by atoms with Gasteiger partial charge in [0.05, 0.1) is 11.6 Å². The van der Waals surface area contributed by atoms with Gasteiger partial charge in [-0.25, -0.2) is 0 Å². The maximum absolute atomic E-state index is 12.0. The van der Waals surface area contributed by atoms with E-state index >= 15 is 0 Å². The summed E-state index contributed by atoms with van der Waals surface area (Å²) in [5, 5.41) is 11.3. The van der Waals surface area contributed by atoms with Gasteiger partial charge in [0.2, 0.25) is 5.91 Å². The number of nitriles is 1. The maximum Gasteiger partial charge on any atom is 0.251 e. The minimum absolute atomic E-state index is 0.0279. The number of nitrogens with two attached hydrogens (primary N) is 1. The highest BCUT2D eigenvalue weighted by Crippen LogP contribution is 2.09. The Balaban J connectivity index is 2.82. The van der Waals surface area contributed by atoms with Gasteiger partial charge in [0.25, 0.3) is 5.91 Å². The fraction of sp³-hybridized carbons (Fsp3) is 0.357. The monoisotopic (exact) mass is 259 g/mol. The van der Waals surface area contributed by atoms with Gasteiger partial charge in [-0.05, 0) is 30.2 Å². The molecule has 0 aliphatic rings. The first-order chi connectivity index (χ1) is 8.99. The van der Waals surface area contributed by atoms with E-state index in [0.717, 1.165) is 6.42 Å². The number of hydrogen-bond acceptors (Lipinski definition) is 3. The molecule has 0 bridgehead atoms. The first kappa shape index (κ1) is 14.7. The highest BCUT2D eigenvalue weighted by atomic mass is 16.2. The molecule has 0 saturated carbocycles. The Labute approximate surface area is 112 Å². The predicted octanol–water partition coefficient (Wildman–Crippen LogP) is 1.19. The third-order valence-corrected chi connectivity index (χ3v) is 3.08. The lowest BCUT2D eigenvalue weighted by atomic mass is 9.98. The van der Waals surface area contributed by atoms with Crippen LogP contribution >= 0.6 is 0 Å². The number of benzene rings is 1. The summed E-state index contributed by atoms with van der Waals surface area (Å²) < 4.78 is 0. The number of amides is 2. The summed E-state index contributed by atoms with van der Waals surface area (Å²) in [5.41, 5.74) is 6.16. The molecule has 0 spiro atoms. The van der Waals surface area contributed by atoms with Gasteiger partial charge in [-0.15, -0.1) is 0 Å². The molecule has 1 aromatic rings. The number of primary amides is 1. The zero-order valence-electron chi connectivity index (χ0n) is 11.0. The molecule has 0 aliphatic carbocycles. The summed E-state index contributed by atoms with van der Waals surface area (Å²) in [7, 11) is 0. The van der Waals surface area contributed by atoms with E-state index in [4.69, 9.17) is 11.0 Å². The minimum Gasteiger partial charge on any atom is -0.368 e. The number of hydrogen-bond donors (Lipinski definition) is 2. The third kappa shape index (κ3) is 3.81. The van der Waals surface area contributed by atoms with Gasteiger partial charge in [-0.2, -0.15) is 5.26 Å². The standard InChI is InChI=1S/C14H17N3O2/c1-3-9(2)12(13(16)18)17-14(19)11-6-4-10(8-15)5-7-11/h4-7,9,12H,3H2,1-2H3,(H2,16,18)(H,17,19)/t9-,12-/m0/s1. The normalized spacial score (nSPS) is 13.1. The summed E-state index contributed by atoms with van der Waals surface area (Å²) in [6.07, 6.45) is 0.737. The summed E-state index contributed by atoms with van der Waals surface area (Å²) in [6.45, 7) is 3.78. The topological polar surface area (TPSA) is 96.0 Å². The summed E-state index contributed by atoms with van der Waals surface area (Å²) >= 11 is 0. The van der Waals surface area contributed by atoms with Crippen LogP contribution in [0.1, 0.15) is 36.2 Å². The van der Waals surface area contributed by atoms with Crippen molar-refractivity contribution in [3.05, 3.63) is 35.4 Å². The van der Waals surface area contributed by atoms with Crippen molar-refractivity contribution >= 4 is 11.8 Å². The molecule has 1 rings (SSSR count). The van der Waals surface area contributed by atoms with Crippen LogP contribution in [0.3, 0.4) is 0 Å². The maximum atomic E-state index is 12.0. The number of carbonyl (C=O) groups is 2. The lowest BCUT2D eigenvalue weighted by Crippen LogP contribution is -2.48. The van der Waals surface area contributed by atoms with Crippen LogP contribution in [0, 0.1) is 17.2 Å². The lowest BCUT2D eigenvalue weighted by Gasteiger charge is -2.21. The molecule has 0 saturated heterocycles. The molecule has 0 heterocycles. The van der Waals surface area contributed by atoms with E-state index in [0.29, 0.717) is 11.1 Å². The van der Waals surface area contributed by atoms with Crippen molar-refractivity contribution in [1.82, 2.24) is 5.32 Å². The van der Waals surface area contributed by atoms with Crippen molar-refractivity contribution in [2.45, 2.75) is 26.3 Å². The van der Waals surface area contributed by atoms with Crippen molar-refractivity contribution in [2.75, 3.05) is 0 Å². The van der Waals surface area contributed by atoms with E-state index in [1.807, 2.05) is 19.9 Å². The highest BCUT2D eigenvalue weighted by Gasteiger charge is 2.23. The molecule has 2 atom stereocenters. The fourth-order valence-corrected chi connectivity index (χ4v) is 1.65. The zero-order valence-corrected chi connectivity index (χ0v) is 11.0. The molecular weight excluding hydrogens is 242 g/mol. The minimum atomic E-state index is -0.687. The SMILES string of the molecule is CC[C@H](C)[C@H](NC(=O)c1ccc(C#N)cc1)C(N)=O. The summed E-state index contributed by atoms with van der Waals surface area (Å²) in [5.74, 6) is -0.940.